The van der Waals surface area contributed by atoms with Crippen molar-refractivity contribution < 1.29 is 10.2 Å². The minimum absolute atomic E-state index is 0.109. The first-order valence-corrected chi connectivity index (χ1v) is 5.89. The lowest BCUT2D eigenvalue weighted by Crippen LogP contribution is -2.19. The molecule has 0 aliphatic heterocycles. The van der Waals surface area contributed by atoms with Crippen molar-refractivity contribution in [1.82, 2.24) is 5.32 Å². The summed E-state index contributed by atoms with van der Waals surface area (Å²) >= 11 is 0. The molecular formula is C13H21NO2. The zero-order valence-corrected chi connectivity index (χ0v) is 10.0. The van der Waals surface area contributed by atoms with Gasteiger partial charge in [0.15, 0.2) is 0 Å². The smallest absolute Gasteiger partial charge is 0.119 e. The van der Waals surface area contributed by atoms with Crippen LogP contribution in [0.25, 0.3) is 0 Å². The monoisotopic (exact) mass is 223 g/mol. The summed E-state index contributed by atoms with van der Waals surface area (Å²) in [6.07, 6.45) is 3.60. The number of phenols is 2. The molecule has 3 heteroatoms. The zero-order chi connectivity index (χ0) is 12.0. The number of benzene rings is 1. The van der Waals surface area contributed by atoms with Gasteiger partial charge in [-0.15, -0.1) is 0 Å². The van der Waals surface area contributed by atoms with Crippen LogP contribution < -0.4 is 5.32 Å². The molecule has 0 aliphatic rings. The molecule has 0 bridgehead atoms. The fourth-order valence-electron chi connectivity index (χ4n) is 1.68. The number of unbranched alkanes of at least 4 members (excludes halogenated alkanes) is 2. The number of hydrogen-bond donors (Lipinski definition) is 3. The molecule has 0 aromatic heterocycles. The fraction of sp³-hybridized carbons (Fsp3) is 0.538. The van der Waals surface area contributed by atoms with E-state index >= 15 is 0 Å². The molecule has 16 heavy (non-hydrogen) atoms. The number of rotatable bonds is 6. The lowest BCUT2D eigenvalue weighted by Gasteiger charge is -2.14. The van der Waals surface area contributed by atoms with Gasteiger partial charge in [-0.1, -0.05) is 19.8 Å². The third kappa shape index (κ3) is 4.11. The third-order valence-electron chi connectivity index (χ3n) is 2.66. The van der Waals surface area contributed by atoms with Crippen molar-refractivity contribution >= 4 is 0 Å². The molecule has 0 fully saturated rings. The third-order valence-corrected chi connectivity index (χ3v) is 2.66. The van der Waals surface area contributed by atoms with Crippen molar-refractivity contribution in [2.75, 3.05) is 6.54 Å². The zero-order valence-electron chi connectivity index (χ0n) is 10.0. The topological polar surface area (TPSA) is 52.5 Å². The summed E-state index contributed by atoms with van der Waals surface area (Å²) in [4.78, 5) is 0. The Kier molecular flexibility index (Phi) is 5.12. The van der Waals surface area contributed by atoms with Crippen LogP contribution in [-0.2, 0) is 0 Å². The number of nitrogens with one attached hydrogen (secondary N) is 1. The van der Waals surface area contributed by atoms with Gasteiger partial charge in [-0.3, -0.25) is 0 Å². The van der Waals surface area contributed by atoms with Gasteiger partial charge in [-0.05, 0) is 37.6 Å². The van der Waals surface area contributed by atoms with Crippen LogP contribution in [-0.4, -0.2) is 16.8 Å². The van der Waals surface area contributed by atoms with Crippen LogP contribution >= 0.6 is 0 Å². The van der Waals surface area contributed by atoms with E-state index in [1.54, 1.807) is 12.1 Å². The molecule has 1 atom stereocenters. The minimum atomic E-state index is 0.109. The first kappa shape index (κ1) is 12.8. The largest absolute Gasteiger partial charge is 0.508 e. The molecule has 0 heterocycles. The van der Waals surface area contributed by atoms with Crippen molar-refractivity contribution in [3.05, 3.63) is 23.8 Å². The van der Waals surface area contributed by atoms with E-state index in [1.807, 2.05) is 6.92 Å². The Morgan fingerprint density at radius 2 is 1.75 bits per heavy atom. The molecule has 0 saturated carbocycles. The van der Waals surface area contributed by atoms with Gasteiger partial charge >= 0.3 is 0 Å². The van der Waals surface area contributed by atoms with Gasteiger partial charge in [0.05, 0.1) is 0 Å². The van der Waals surface area contributed by atoms with E-state index in [2.05, 4.69) is 12.2 Å². The summed E-state index contributed by atoms with van der Waals surface area (Å²) in [6.45, 7) is 5.17. The van der Waals surface area contributed by atoms with E-state index in [4.69, 9.17) is 0 Å². The van der Waals surface area contributed by atoms with E-state index in [0.717, 1.165) is 18.5 Å². The molecule has 1 aromatic rings. The highest BCUT2D eigenvalue weighted by molar-refractivity contribution is 5.37. The summed E-state index contributed by atoms with van der Waals surface area (Å²) in [5.41, 5.74) is 0.911. The van der Waals surface area contributed by atoms with Crippen LogP contribution in [0.1, 0.15) is 44.7 Å². The lowest BCUT2D eigenvalue weighted by molar-refractivity contribution is 0.445. The molecular weight excluding hydrogens is 202 g/mol. The predicted octanol–water partition coefficient (Wildman–Crippen LogP) is 2.94. The molecule has 0 radical (unpaired) electrons. The molecule has 3 N–H and O–H groups in total. The molecule has 3 nitrogen and oxygen atoms in total. The Labute approximate surface area is 97.1 Å². The van der Waals surface area contributed by atoms with Crippen LogP contribution in [0.2, 0.25) is 0 Å². The first-order valence-electron chi connectivity index (χ1n) is 5.89. The average Bonchev–Trinajstić information content (AvgIpc) is 2.22. The highest BCUT2D eigenvalue weighted by atomic mass is 16.3. The van der Waals surface area contributed by atoms with Crippen molar-refractivity contribution in [3.63, 3.8) is 0 Å². The van der Waals surface area contributed by atoms with Crippen molar-refractivity contribution in [2.45, 2.75) is 39.2 Å². The Bertz CT molecular complexity index is 305. The standard InChI is InChI=1S/C13H21NO2/c1-3-4-5-6-14-10(2)11-7-12(15)9-13(16)8-11/h7-10,14-16H,3-6H2,1-2H3. The van der Waals surface area contributed by atoms with Crippen LogP contribution in [0.3, 0.4) is 0 Å². The summed E-state index contributed by atoms with van der Waals surface area (Å²) in [5, 5.41) is 22.1. The molecule has 0 aliphatic carbocycles. The van der Waals surface area contributed by atoms with Gasteiger partial charge in [0.25, 0.3) is 0 Å². The van der Waals surface area contributed by atoms with Gasteiger partial charge < -0.3 is 15.5 Å². The second-order valence-electron chi connectivity index (χ2n) is 4.17. The van der Waals surface area contributed by atoms with Crippen LogP contribution in [0, 0.1) is 0 Å². The summed E-state index contributed by atoms with van der Waals surface area (Å²) in [5.74, 6) is 0.217. The highest BCUT2D eigenvalue weighted by Gasteiger charge is 2.06. The maximum Gasteiger partial charge on any atom is 0.119 e. The fourth-order valence-corrected chi connectivity index (χ4v) is 1.68. The quantitative estimate of drug-likeness (QED) is 0.650. The van der Waals surface area contributed by atoms with Crippen LogP contribution in [0.15, 0.2) is 18.2 Å². The molecule has 1 unspecified atom stereocenters. The van der Waals surface area contributed by atoms with Gasteiger partial charge in [-0.25, -0.2) is 0 Å². The Morgan fingerprint density at radius 1 is 1.12 bits per heavy atom. The normalized spacial score (nSPS) is 12.6. The number of aromatic hydroxyl groups is 2. The second kappa shape index (κ2) is 6.38. The van der Waals surface area contributed by atoms with Crippen molar-refractivity contribution in [1.29, 1.82) is 0 Å². The molecule has 0 spiro atoms. The molecule has 1 aromatic carbocycles. The number of hydrogen-bond acceptors (Lipinski definition) is 3. The summed E-state index contributed by atoms with van der Waals surface area (Å²) in [7, 11) is 0. The van der Waals surface area contributed by atoms with Gasteiger partial charge in [0.2, 0.25) is 0 Å². The Morgan fingerprint density at radius 3 is 2.31 bits per heavy atom. The average molecular weight is 223 g/mol. The van der Waals surface area contributed by atoms with Gasteiger partial charge in [0, 0.05) is 12.1 Å². The molecule has 1 rings (SSSR count). The van der Waals surface area contributed by atoms with E-state index < -0.39 is 0 Å². The van der Waals surface area contributed by atoms with E-state index in [-0.39, 0.29) is 17.5 Å². The predicted molar refractivity (Wildman–Crippen MR) is 65.7 cm³/mol. The summed E-state index contributed by atoms with van der Waals surface area (Å²) in [6, 6.07) is 4.84. The van der Waals surface area contributed by atoms with Crippen molar-refractivity contribution in [3.8, 4) is 11.5 Å². The molecule has 0 saturated heterocycles. The van der Waals surface area contributed by atoms with Gasteiger partial charge in [0.1, 0.15) is 11.5 Å². The van der Waals surface area contributed by atoms with Crippen LogP contribution in [0.4, 0.5) is 0 Å². The van der Waals surface area contributed by atoms with E-state index in [9.17, 15) is 10.2 Å². The van der Waals surface area contributed by atoms with E-state index in [1.165, 1.54) is 18.9 Å². The Hall–Kier alpha value is -1.22. The second-order valence-corrected chi connectivity index (χ2v) is 4.17. The maximum absolute atomic E-state index is 9.36. The Balaban J connectivity index is 2.48. The molecule has 90 valence electrons. The van der Waals surface area contributed by atoms with Crippen molar-refractivity contribution in [2.24, 2.45) is 0 Å². The highest BCUT2D eigenvalue weighted by Crippen LogP contribution is 2.24. The molecule has 0 amide bonds. The first-order chi connectivity index (χ1) is 7.63. The van der Waals surface area contributed by atoms with Crippen LogP contribution in [0.5, 0.6) is 11.5 Å². The minimum Gasteiger partial charge on any atom is -0.508 e. The summed E-state index contributed by atoms with van der Waals surface area (Å²) < 4.78 is 0. The van der Waals surface area contributed by atoms with Gasteiger partial charge in [-0.2, -0.15) is 0 Å². The SMILES string of the molecule is CCCCCNC(C)c1cc(O)cc(O)c1. The maximum atomic E-state index is 9.36. The van der Waals surface area contributed by atoms with E-state index in [0.29, 0.717) is 0 Å². The lowest BCUT2D eigenvalue weighted by atomic mass is 10.1. The number of phenolic OH excluding ortho intramolecular Hbond substituents is 2.